The van der Waals surface area contributed by atoms with E-state index in [4.69, 9.17) is 16.3 Å². The third kappa shape index (κ3) is 3.52. The number of carbonyl (C=O) groups is 1. The lowest BCUT2D eigenvalue weighted by atomic mass is 10.1. The number of hydrogen-bond acceptors (Lipinski definition) is 5. The van der Waals surface area contributed by atoms with E-state index in [9.17, 15) is 9.59 Å². The van der Waals surface area contributed by atoms with Crippen LogP contribution in [0.2, 0.25) is 5.02 Å². The van der Waals surface area contributed by atoms with Gasteiger partial charge >= 0.3 is 5.97 Å². The zero-order valence-corrected chi connectivity index (χ0v) is 16.6. The Kier molecular flexibility index (Phi) is 4.90. The summed E-state index contributed by atoms with van der Waals surface area (Å²) in [4.78, 5) is 24.8. The van der Waals surface area contributed by atoms with Gasteiger partial charge in [-0.15, -0.1) is 0 Å². The molecule has 0 atom stereocenters. The van der Waals surface area contributed by atoms with Crippen molar-refractivity contribution in [2.45, 2.75) is 13.5 Å². The van der Waals surface area contributed by atoms with Crippen LogP contribution in [0.5, 0.6) is 0 Å². The van der Waals surface area contributed by atoms with Crippen LogP contribution in [0, 0.1) is 6.92 Å². The van der Waals surface area contributed by atoms with E-state index in [0.29, 0.717) is 32.9 Å². The molecule has 0 aliphatic carbocycles. The fourth-order valence-corrected chi connectivity index (χ4v) is 3.35. The van der Waals surface area contributed by atoms with Crippen molar-refractivity contribution in [1.82, 2.24) is 19.6 Å². The van der Waals surface area contributed by atoms with Crippen LogP contribution in [0.25, 0.3) is 16.6 Å². The number of aromatic nitrogens is 4. The Morgan fingerprint density at radius 2 is 1.93 bits per heavy atom. The molecule has 0 aliphatic heterocycles. The zero-order chi connectivity index (χ0) is 20.5. The number of carbonyl (C=O) groups excluding carboxylic acids is 1. The highest BCUT2D eigenvalue weighted by atomic mass is 35.5. The number of nitrogens with zero attached hydrogens (tertiary/aromatic N) is 4. The molecule has 0 radical (unpaired) electrons. The van der Waals surface area contributed by atoms with Crippen LogP contribution in [0.1, 0.15) is 21.6 Å². The summed E-state index contributed by atoms with van der Waals surface area (Å²) in [6.45, 7) is 2.10. The van der Waals surface area contributed by atoms with Gasteiger partial charge in [0.15, 0.2) is 0 Å². The largest absolute Gasteiger partial charge is 0.465 e. The molecule has 146 valence electrons. The first-order valence-corrected chi connectivity index (χ1v) is 9.24. The number of benzene rings is 2. The molecule has 0 bridgehead atoms. The van der Waals surface area contributed by atoms with Crippen LogP contribution >= 0.6 is 11.6 Å². The minimum atomic E-state index is -0.408. The van der Waals surface area contributed by atoms with E-state index in [1.54, 1.807) is 53.3 Å². The van der Waals surface area contributed by atoms with Gasteiger partial charge in [-0.1, -0.05) is 29.8 Å². The Morgan fingerprint density at radius 1 is 1.17 bits per heavy atom. The maximum atomic E-state index is 13.2. The third-order valence-electron chi connectivity index (χ3n) is 4.63. The Balaban J connectivity index is 1.78. The van der Waals surface area contributed by atoms with Crippen molar-refractivity contribution >= 4 is 28.5 Å². The van der Waals surface area contributed by atoms with Crippen molar-refractivity contribution in [3.8, 4) is 5.69 Å². The summed E-state index contributed by atoms with van der Waals surface area (Å²) in [5, 5.41) is 10.0. The van der Waals surface area contributed by atoms with Crippen LogP contribution in [-0.2, 0) is 11.3 Å². The number of esters is 1. The Morgan fingerprint density at radius 3 is 2.62 bits per heavy atom. The molecule has 0 N–H and O–H groups in total. The molecule has 0 fully saturated rings. The van der Waals surface area contributed by atoms with Gasteiger partial charge in [0.2, 0.25) is 0 Å². The maximum Gasteiger partial charge on any atom is 0.337 e. The normalized spacial score (nSPS) is 11.0. The van der Waals surface area contributed by atoms with E-state index in [1.807, 2.05) is 13.0 Å². The van der Waals surface area contributed by atoms with E-state index in [-0.39, 0.29) is 12.1 Å². The third-order valence-corrected chi connectivity index (χ3v) is 4.86. The smallest absolute Gasteiger partial charge is 0.337 e. The number of ether oxygens (including phenoxy) is 1. The Hall–Kier alpha value is -3.45. The quantitative estimate of drug-likeness (QED) is 0.484. The van der Waals surface area contributed by atoms with Crippen LogP contribution in [0.15, 0.2) is 59.5 Å². The Bertz CT molecular complexity index is 1280. The second kappa shape index (κ2) is 7.52. The Labute approximate surface area is 171 Å². The predicted molar refractivity (Wildman–Crippen MR) is 110 cm³/mol. The summed E-state index contributed by atoms with van der Waals surface area (Å²) >= 11 is 6.10. The molecule has 8 heteroatoms. The molecule has 2 aromatic carbocycles. The summed E-state index contributed by atoms with van der Waals surface area (Å²) in [6, 6.07) is 14.0. The standard InChI is InChI=1S/C21H17ClN4O3/c1-13-18-11-23-26(17-5-3-4-16(22)10-17)19(18)20(27)25(24-13)12-14-6-8-15(9-7-14)21(28)29-2/h3-11H,12H2,1-2H3. The summed E-state index contributed by atoms with van der Waals surface area (Å²) < 4.78 is 7.68. The van der Waals surface area contributed by atoms with Gasteiger partial charge in [0.1, 0.15) is 5.52 Å². The summed E-state index contributed by atoms with van der Waals surface area (Å²) in [5.74, 6) is -0.408. The van der Waals surface area contributed by atoms with Crippen molar-refractivity contribution < 1.29 is 9.53 Å². The molecular weight excluding hydrogens is 392 g/mol. The number of rotatable bonds is 4. The fourth-order valence-electron chi connectivity index (χ4n) is 3.17. The molecule has 7 nitrogen and oxygen atoms in total. The van der Waals surface area contributed by atoms with Gasteiger partial charge in [-0.2, -0.15) is 10.2 Å². The van der Waals surface area contributed by atoms with Crippen molar-refractivity contribution in [2.24, 2.45) is 0 Å². The lowest BCUT2D eigenvalue weighted by Gasteiger charge is -2.09. The molecule has 4 aromatic rings. The maximum absolute atomic E-state index is 13.2. The minimum absolute atomic E-state index is 0.262. The molecule has 29 heavy (non-hydrogen) atoms. The molecule has 2 heterocycles. The SMILES string of the molecule is COC(=O)c1ccc(Cn2nc(C)c3cnn(-c4cccc(Cl)c4)c3c2=O)cc1. The number of fused-ring (bicyclic) bond motifs is 1. The van der Waals surface area contributed by atoms with Gasteiger partial charge in [-0.25, -0.2) is 14.2 Å². The summed E-state index contributed by atoms with van der Waals surface area (Å²) in [5.41, 5.74) is 2.84. The second-order valence-electron chi connectivity index (χ2n) is 6.54. The first-order valence-electron chi connectivity index (χ1n) is 8.86. The predicted octanol–water partition coefficient (Wildman–Crippen LogP) is 3.38. The molecule has 0 amide bonds. The van der Waals surface area contributed by atoms with Crippen molar-refractivity contribution in [3.05, 3.63) is 86.9 Å². The number of halogens is 1. The molecule has 0 spiro atoms. The molecule has 0 saturated heterocycles. The lowest BCUT2D eigenvalue weighted by molar-refractivity contribution is 0.0600. The molecule has 0 unspecified atom stereocenters. The topological polar surface area (TPSA) is 79.0 Å². The van der Waals surface area contributed by atoms with Crippen LogP contribution < -0.4 is 5.56 Å². The number of methoxy groups -OCH3 is 1. The molecular formula is C21H17ClN4O3. The van der Waals surface area contributed by atoms with E-state index >= 15 is 0 Å². The van der Waals surface area contributed by atoms with Gasteiger partial charge in [0.25, 0.3) is 5.56 Å². The van der Waals surface area contributed by atoms with Crippen LogP contribution in [0.4, 0.5) is 0 Å². The highest BCUT2D eigenvalue weighted by Crippen LogP contribution is 2.20. The highest BCUT2D eigenvalue weighted by Gasteiger charge is 2.15. The van der Waals surface area contributed by atoms with E-state index < -0.39 is 5.97 Å². The van der Waals surface area contributed by atoms with E-state index in [1.165, 1.54) is 11.8 Å². The average molecular weight is 409 g/mol. The molecule has 0 aliphatic rings. The molecule has 2 aromatic heterocycles. The van der Waals surface area contributed by atoms with Gasteiger partial charge in [0, 0.05) is 10.4 Å². The molecule has 0 saturated carbocycles. The van der Waals surface area contributed by atoms with Gasteiger partial charge in [0.05, 0.1) is 36.8 Å². The van der Waals surface area contributed by atoms with Gasteiger partial charge in [-0.05, 0) is 42.8 Å². The van der Waals surface area contributed by atoms with Gasteiger partial charge < -0.3 is 4.74 Å². The fraction of sp³-hybridized carbons (Fsp3) is 0.143. The molecule has 4 rings (SSSR count). The monoisotopic (exact) mass is 408 g/mol. The highest BCUT2D eigenvalue weighted by molar-refractivity contribution is 6.30. The van der Waals surface area contributed by atoms with Crippen LogP contribution in [-0.4, -0.2) is 32.6 Å². The minimum Gasteiger partial charge on any atom is -0.465 e. The zero-order valence-electron chi connectivity index (χ0n) is 15.8. The average Bonchev–Trinajstić information content (AvgIpc) is 3.18. The number of aryl methyl sites for hydroxylation is 1. The summed E-state index contributed by atoms with van der Waals surface area (Å²) in [6.07, 6.45) is 1.63. The van der Waals surface area contributed by atoms with Crippen LogP contribution in [0.3, 0.4) is 0 Å². The van der Waals surface area contributed by atoms with Crippen molar-refractivity contribution in [1.29, 1.82) is 0 Å². The van der Waals surface area contributed by atoms with Gasteiger partial charge in [-0.3, -0.25) is 4.79 Å². The van der Waals surface area contributed by atoms with Crippen molar-refractivity contribution in [2.75, 3.05) is 7.11 Å². The second-order valence-corrected chi connectivity index (χ2v) is 6.97. The van der Waals surface area contributed by atoms with E-state index in [0.717, 1.165) is 5.56 Å². The first kappa shape index (κ1) is 18.9. The summed E-state index contributed by atoms with van der Waals surface area (Å²) in [7, 11) is 1.33. The lowest BCUT2D eigenvalue weighted by Crippen LogP contribution is -2.26. The van der Waals surface area contributed by atoms with E-state index in [2.05, 4.69) is 10.2 Å². The number of hydrogen-bond donors (Lipinski definition) is 0. The van der Waals surface area contributed by atoms with Crippen molar-refractivity contribution in [3.63, 3.8) is 0 Å². The first-order chi connectivity index (χ1) is 14.0.